The summed E-state index contributed by atoms with van der Waals surface area (Å²) in [6.45, 7) is 1.95. The fraction of sp³-hybridized carbons (Fsp3) is 0.0952. The van der Waals surface area contributed by atoms with Crippen LogP contribution in [0.3, 0.4) is 0 Å². The minimum atomic E-state index is -0.397. The maximum absolute atomic E-state index is 13.1. The standard InChI is InChI=1S/C21H17N7O3/c1-12-9-15(26-31-12)11-27-21(30)28-19(25-27)17(14-7-8-16(29)23-10-14)18(24-20(28)22)13-5-3-2-4-6-13/h2-10H,11H2,1H3,(H3,22,23,24,25,29)/p+1. The first-order valence-corrected chi connectivity index (χ1v) is 9.52. The van der Waals surface area contributed by atoms with Gasteiger partial charge in [-0.25, -0.2) is 9.89 Å². The highest BCUT2D eigenvalue weighted by atomic mass is 16.5. The smallest absolute Gasteiger partial charge is 0.361 e. The van der Waals surface area contributed by atoms with Crippen molar-refractivity contribution in [1.82, 2.24) is 24.9 Å². The molecule has 0 radical (unpaired) electrons. The number of hydrogen-bond acceptors (Lipinski definition) is 6. The number of H-pyrrole nitrogens is 2. The van der Waals surface area contributed by atoms with Crippen LogP contribution in [0, 0.1) is 6.92 Å². The molecular weight excluding hydrogens is 398 g/mol. The van der Waals surface area contributed by atoms with Gasteiger partial charge < -0.3 is 15.2 Å². The number of fused-ring (bicyclic) bond motifs is 1. The van der Waals surface area contributed by atoms with Gasteiger partial charge in [-0.05, 0) is 13.0 Å². The first-order chi connectivity index (χ1) is 15.0. The van der Waals surface area contributed by atoms with E-state index in [9.17, 15) is 9.59 Å². The summed E-state index contributed by atoms with van der Waals surface area (Å²) in [6, 6.07) is 14.3. The summed E-state index contributed by atoms with van der Waals surface area (Å²) in [5.74, 6) is 0.687. The number of benzene rings is 1. The molecule has 0 spiro atoms. The molecule has 1 aromatic carbocycles. The normalized spacial score (nSPS) is 11.3. The highest BCUT2D eigenvalue weighted by Crippen LogP contribution is 2.31. The second kappa shape index (κ2) is 7.10. The van der Waals surface area contributed by atoms with E-state index in [1.54, 1.807) is 25.3 Å². The van der Waals surface area contributed by atoms with Crippen LogP contribution in [0.15, 0.2) is 68.8 Å². The molecule has 5 aromatic rings. The van der Waals surface area contributed by atoms with Crippen LogP contribution in [0.25, 0.3) is 28.0 Å². The van der Waals surface area contributed by atoms with Crippen LogP contribution < -0.4 is 21.4 Å². The summed E-state index contributed by atoms with van der Waals surface area (Å²) in [6.07, 6.45) is 1.58. The summed E-state index contributed by atoms with van der Waals surface area (Å²) in [4.78, 5) is 31.9. The van der Waals surface area contributed by atoms with E-state index in [-0.39, 0.29) is 18.1 Å². The number of nitrogens with one attached hydrogen (secondary N) is 2. The van der Waals surface area contributed by atoms with Crippen molar-refractivity contribution >= 4 is 11.6 Å². The molecule has 0 atom stereocenters. The van der Waals surface area contributed by atoms with Gasteiger partial charge in [0.2, 0.25) is 11.2 Å². The number of nitrogens with zero attached hydrogens (tertiary/aromatic N) is 4. The molecule has 5 rings (SSSR count). The number of aromatic amines is 2. The summed E-state index contributed by atoms with van der Waals surface area (Å²) in [5.41, 5.74) is 9.31. The molecule has 0 aliphatic heterocycles. The van der Waals surface area contributed by atoms with E-state index < -0.39 is 5.69 Å². The quantitative estimate of drug-likeness (QED) is 0.377. The zero-order valence-electron chi connectivity index (χ0n) is 16.5. The van der Waals surface area contributed by atoms with E-state index in [1.165, 1.54) is 15.1 Å². The number of hydrogen-bond donors (Lipinski definition) is 3. The maximum atomic E-state index is 13.1. The van der Waals surface area contributed by atoms with Crippen molar-refractivity contribution in [2.24, 2.45) is 0 Å². The van der Waals surface area contributed by atoms with Gasteiger partial charge in [0.1, 0.15) is 23.7 Å². The molecule has 0 saturated heterocycles. The van der Waals surface area contributed by atoms with Gasteiger partial charge in [0.15, 0.2) is 0 Å². The lowest BCUT2D eigenvalue weighted by Crippen LogP contribution is -2.44. The van der Waals surface area contributed by atoms with Gasteiger partial charge in [-0.15, -0.1) is 9.38 Å². The monoisotopic (exact) mass is 416 g/mol. The van der Waals surface area contributed by atoms with Crippen LogP contribution in [-0.4, -0.2) is 24.9 Å². The summed E-state index contributed by atoms with van der Waals surface area (Å²) >= 11 is 0. The minimum Gasteiger partial charge on any atom is -0.361 e. The highest BCUT2D eigenvalue weighted by Gasteiger charge is 2.26. The van der Waals surface area contributed by atoms with Crippen molar-refractivity contribution in [3.05, 3.63) is 87.0 Å². The van der Waals surface area contributed by atoms with Gasteiger partial charge in [-0.1, -0.05) is 35.5 Å². The molecule has 0 fully saturated rings. The number of anilines is 1. The highest BCUT2D eigenvalue weighted by molar-refractivity contribution is 5.88. The average Bonchev–Trinajstić information content (AvgIpc) is 3.33. The third kappa shape index (κ3) is 3.19. The van der Waals surface area contributed by atoms with Crippen molar-refractivity contribution in [2.45, 2.75) is 13.5 Å². The van der Waals surface area contributed by atoms with Crippen molar-refractivity contribution in [3.63, 3.8) is 0 Å². The van der Waals surface area contributed by atoms with Crippen LogP contribution in [0.5, 0.6) is 0 Å². The number of rotatable bonds is 4. The van der Waals surface area contributed by atoms with Gasteiger partial charge in [-0.3, -0.25) is 4.79 Å². The average molecular weight is 416 g/mol. The van der Waals surface area contributed by atoms with Crippen LogP contribution in [0.1, 0.15) is 11.5 Å². The molecule has 10 nitrogen and oxygen atoms in total. The van der Waals surface area contributed by atoms with Gasteiger partial charge in [0.25, 0.3) is 0 Å². The molecule has 0 amide bonds. The second-order valence-corrected chi connectivity index (χ2v) is 7.09. The Morgan fingerprint density at radius 3 is 2.61 bits per heavy atom. The Bertz CT molecular complexity index is 1510. The SMILES string of the molecule is Cc1cc(Cn2[nH]c3c(-c4ccc(=O)[nH]c4)c(-c4ccccc4)nc(N)[n+]3c2=O)no1. The third-order valence-electron chi connectivity index (χ3n) is 4.93. The zero-order chi connectivity index (χ0) is 21.5. The second-order valence-electron chi connectivity index (χ2n) is 7.09. The van der Waals surface area contributed by atoms with Crippen LogP contribution in [0.4, 0.5) is 5.95 Å². The predicted molar refractivity (Wildman–Crippen MR) is 112 cm³/mol. The molecule has 0 saturated carbocycles. The maximum Gasteiger partial charge on any atom is 0.428 e. The molecule has 0 bridgehead atoms. The fourth-order valence-electron chi connectivity index (χ4n) is 3.56. The molecule has 0 aliphatic carbocycles. The van der Waals surface area contributed by atoms with E-state index in [0.717, 1.165) is 5.56 Å². The number of aryl methyl sites for hydroxylation is 1. The van der Waals surface area contributed by atoms with Gasteiger partial charge in [0, 0.05) is 29.5 Å². The number of nitrogens with two attached hydrogens (primary N) is 1. The van der Waals surface area contributed by atoms with Crippen LogP contribution in [0.2, 0.25) is 0 Å². The van der Waals surface area contributed by atoms with E-state index in [0.29, 0.717) is 33.9 Å². The molecule has 154 valence electrons. The number of pyridine rings is 1. The minimum absolute atomic E-state index is 0.0401. The molecular formula is C21H18N7O3+. The lowest BCUT2D eigenvalue weighted by molar-refractivity contribution is -0.516. The van der Waals surface area contributed by atoms with Crippen LogP contribution >= 0.6 is 0 Å². The molecule has 4 heterocycles. The first kappa shape index (κ1) is 18.6. The van der Waals surface area contributed by atoms with Crippen molar-refractivity contribution in [1.29, 1.82) is 0 Å². The van der Waals surface area contributed by atoms with Crippen molar-refractivity contribution in [2.75, 3.05) is 5.73 Å². The fourth-order valence-corrected chi connectivity index (χ4v) is 3.56. The molecule has 0 aliphatic rings. The number of aromatic nitrogens is 6. The molecule has 4 aromatic heterocycles. The predicted octanol–water partition coefficient (Wildman–Crippen LogP) is 1.26. The van der Waals surface area contributed by atoms with E-state index >= 15 is 0 Å². The summed E-state index contributed by atoms with van der Waals surface area (Å²) in [7, 11) is 0. The van der Waals surface area contributed by atoms with E-state index in [4.69, 9.17) is 10.3 Å². The Labute approximate surface area is 174 Å². The van der Waals surface area contributed by atoms with Crippen LogP contribution in [-0.2, 0) is 6.54 Å². The lowest BCUT2D eigenvalue weighted by atomic mass is 10.0. The third-order valence-corrected chi connectivity index (χ3v) is 4.93. The molecule has 10 heteroatoms. The van der Waals surface area contributed by atoms with Gasteiger partial charge >= 0.3 is 11.6 Å². The molecule has 0 unspecified atom stereocenters. The molecule has 4 N–H and O–H groups in total. The Morgan fingerprint density at radius 1 is 1.13 bits per heavy atom. The van der Waals surface area contributed by atoms with E-state index in [1.807, 2.05) is 30.3 Å². The topological polar surface area (TPSA) is 140 Å². The molecule has 31 heavy (non-hydrogen) atoms. The summed E-state index contributed by atoms with van der Waals surface area (Å²) < 4.78 is 7.79. The zero-order valence-corrected chi connectivity index (χ0v) is 16.5. The Morgan fingerprint density at radius 2 is 1.94 bits per heavy atom. The first-order valence-electron chi connectivity index (χ1n) is 9.52. The van der Waals surface area contributed by atoms with Crippen molar-refractivity contribution in [3.8, 4) is 22.4 Å². The van der Waals surface area contributed by atoms with E-state index in [2.05, 4.69) is 20.2 Å². The van der Waals surface area contributed by atoms with Gasteiger partial charge in [0.05, 0.1) is 5.56 Å². The van der Waals surface area contributed by atoms with Gasteiger partial charge in [-0.2, -0.15) is 4.68 Å². The number of nitrogen functional groups attached to an aromatic ring is 1. The largest absolute Gasteiger partial charge is 0.428 e. The Balaban J connectivity index is 1.81. The lowest BCUT2D eigenvalue weighted by Gasteiger charge is -2.08. The Kier molecular flexibility index (Phi) is 4.25. The van der Waals surface area contributed by atoms with Crippen molar-refractivity contribution < 1.29 is 8.92 Å². The summed E-state index contributed by atoms with van der Waals surface area (Å²) in [5, 5.41) is 7.08. The Hall–Kier alpha value is -4.47.